The molecule has 1 heterocycles. The fourth-order valence-corrected chi connectivity index (χ4v) is 1.73. The van der Waals surface area contributed by atoms with Gasteiger partial charge in [0, 0.05) is 12.3 Å². The molecule has 2 rings (SSSR count). The molecule has 1 aromatic heterocycles. The molecule has 1 aliphatic carbocycles. The maximum Gasteiger partial charge on any atom is 0.213 e. The van der Waals surface area contributed by atoms with E-state index in [1.54, 1.807) is 6.20 Å². The molecule has 0 saturated heterocycles. The first kappa shape index (κ1) is 9.46. The van der Waals surface area contributed by atoms with E-state index in [2.05, 4.69) is 4.98 Å². The number of aliphatic hydroxyl groups is 1. The van der Waals surface area contributed by atoms with E-state index in [-0.39, 0.29) is 0 Å². The van der Waals surface area contributed by atoms with E-state index in [4.69, 9.17) is 4.74 Å². The predicted molar refractivity (Wildman–Crippen MR) is 53.2 cm³/mol. The Morgan fingerprint density at radius 1 is 1.57 bits per heavy atom. The van der Waals surface area contributed by atoms with Gasteiger partial charge in [0.05, 0.1) is 12.2 Å². The summed E-state index contributed by atoms with van der Waals surface area (Å²) in [5.41, 5.74) is 0.316. The van der Waals surface area contributed by atoms with Gasteiger partial charge in [0.25, 0.3) is 0 Å². The highest BCUT2D eigenvalue weighted by Crippen LogP contribution is 2.41. The van der Waals surface area contributed by atoms with Gasteiger partial charge in [-0.05, 0) is 37.8 Å². The Kier molecular flexibility index (Phi) is 2.42. The van der Waals surface area contributed by atoms with E-state index in [1.807, 2.05) is 19.1 Å². The number of hydrogen-bond acceptors (Lipinski definition) is 3. The average molecular weight is 193 g/mol. The molecular weight excluding hydrogens is 178 g/mol. The maximum absolute atomic E-state index is 10.1. The van der Waals surface area contributed by atoms with Crippen molar-refractivity contribution >= 4 is 0 Å². The zero-order valence-corrected chi connectivity index (χ0v) is 8.36. The second kappa shape index (κ2) is 3.58. The van der Waals surface area contributed by atoms with Crippen LogP contribution >= 0.6 is 0 Å². The van der Waals surface area contributed by atoms with Gasteiger partial charge in [-0.2, -0.15) is 0 Å². The van der Waals surface area contributed by atoms with Crippen molar-refractivity contribution < 1.29 is 9.84 Å². The number of aromatic nitrogens is 1. The van der Waals surface area contributed by atoms with E-state index in [1.165, 1.54) is 0 Å². The van der Waals surface area contributed by atoms with Gasteiger partial charge in [-0.15, -0.1) is 0 Å². The summed E-state index contributed by atoms with van der Waals surface area (Å²) >= 11 is 0. The Balaban J connectivity index is 2.21. The van der Waals surface area contributed by atoms with E-state index in [0.717, 1.165) is 24.8 Å². The molecule has 14 heavy (non-hydrogen) atoms. The minimum atomic E-state index is -0.616. The first-order valence-electron chi connectivity index (χ1n) is 5.06. The lowest BCUT2D eigenvalue weighted by molar-refractivity contribution is -0.0390. The number of nitrogens with zero attached hydrogens (tertiary/aromatic N) is 1. The van der Waals surface area contributed by atoms with Crippen molar-refractivity contribution in [2.75, 3.05) is 6.61 Å². The van der Waals surface area contributed by atoms with Crippen LogP contribution in [0.2, 0.25) is 0 Å². The summed E-state index contributed by atoms with van der Waals surface area (Å²) in [6, 6.07) is 3.70. The third-order valence-corrected chi connectivity index (χ3v) is 2.75. The summed E-state index contributed by atoms with van der Waals surface area (Å²) in [5, 5.41) is 10.1. The third kappa shape index (κ3) is 1.60. The Morgan fingerprint density at radius 2 is 2.36 bits per heavy atom. The van der Waals surface area contributed by atoms with E-state index in [0.29, 0.717) is 12.5 Å². The van der Waals surface area contributed by atoms with Crippen LogP contribution in [0.4, 0.5) is 0 Å². The van der Waals surface area contributed by atoms with E-state index < -0.39 is 5.60 Å². The summed E-state index contributed by atoms with van der Waals surface area (Å²) in [7, 11) is 0. The van der Waals surface area contributed by atoms with E-state index in [9.17, 15) is 5.11 Å². The monoisotopic (exact) mass is 193 g/mol. The average Bonchev–Trinajstić information content (AvgIpc) is 2.15. The van der Waals surface area contributed by atoms with Crippen LogP contribution in [0.5, 0.6) is 5.88 Å². The molecule has 0 aliphatic heterocycles. The van der Waals surface area contributed by atoms with Crippen molar-refractivity contribution in [1.82, 2.24) is 4.98 Å². The Bertz CT molecular complexity index is 321. The minimum Gasteiger partial charge on any atom is -0.478 e. The lowest BCUT2D eigenvalue weighted by atomic mass is 9.75. The molecule has 0 spiro atoms. The first-order valence-corrected chi connectivity index (χ1v) is 5.06. The van der Waals surface area contributed by atoms with Gasteiger partial charge < -0.3 is 9.84 Å². The van der Waals surface area contributed by atoms with Crippen LogP contribution in [0, 0.1) is 0 Å². The molecule has 3 heteroatoms. The summed E-state index contributed by atoms with van der Waals surface area (Å²) in [5.74, 6) is 0.602. The summed E-state index contributed by atoms with van der Waals surface area (Å²) in [6.45, 7) is 2.53. The number of hydrogen-bond donors (Lipinski definition) is 1. The fraction of sp³-hybridized carbons (Fsp3) is 0.545. The maximum atomic E-state index is 10.1. The normalized spacial score (nSPS) is 18.7. The van der Waals surface area contributed by atoms with Crippen LogP contribution in [0.15, 0.2) is 18.3 Å². The van der Waals surface area contributed by atoms with Crippen molar-refractivity contribution in [3.8, 4) is 5.88 Å². The minimum absolute atomic E-state index is 0.602. The molecule has 0 unspecified atom stereocenters. The molecule has 1 saturated carbocycles. The highest BCUT2D eigenvalue weighted by Gasteiger charge is 2.36. The summed E-state index contributed by atoms with van der Waals surface area (Å²) in [4.78, 5) is 4.07. The van der Waals surface area contributed by atoms with Crippen molar-refractivity contribution in [2.45, 2.75) is 31.8 Å². The number of pyridine rings is 1. The molecule has 1 fully saturated rings. The molecule has 1 aliphatic rings. The molecule has 0 amide bonds. The van der Waals surface area contributed by atoms with E-state index >= 15 is 0 Å². The zero-order chi connectivity index (χ0) is 10.0. The predicted octanol–water partition coefficient (Wildman–Crippen LogP) is 1.85. The van der Waals surface area contributed by atoms with Gasteiger partial charge in [-0.1, -0.05) is 0 Å². The molecule has 0 radical (unpaired) electrons. The fourth-order valence-electron chi connectivity index (χ4n) is 1.73. The van der Waals surface area contributed by atoms with Crippen molar-refractivity contribution in [3.05, 3.63) is 23.9 Å². The van der Waals surface area contributed by atoms with Crippen molar-refractivity contribution in [3.63, 3.8) is 0 Å². The van der Waals surface area contributed by atoms with Crippen LogP contribution in [0.25, 0.3) is 0 Å². The Morgan fingerprint density at radius 3 is 2.93 bits per heavy atom. The number of ether oxygens (including phenoxy) is 1. The lowest BCUT2D eigenvalue weighted by Gasteiger charge is -2.37. The van der Waals surface area contributed by atoms with Gasteiger partial charge in [0.1, 0.15) is 0 Å². The van der Waals surface area contributed by atoms with Crippen molar-refractivity contribution in [1.29, 1.82) is 0 Å². The first-order chi connectivity index (χ1) is 6.74. The van der Waals surface area contributed by atoms with Crippen LogP contribution < -0.4 is 4.74 Å². The van der Waals surface area contributed by atoms with Gasteiger partial charge in [-0.3, -0.25) is 0 Å². The lowest BCUT2D eigenvalue weighted by Crippen LogP contribution is -2.33. The Labute approximate surface area is 83.7 Å². The van der Waals surface area contributed by atoms with Crippen LogP contribution in [-0.2, 0) is 5.60 Å². The molecule has 0 bridgehead atoms. The highest BCUT2D eigenvalue weighted by molar-refractivity contribution is 5.27. The summed E-state index contributed by atoms with van der Waals surface area (Å²) < 4.78 is 5.29. The van der Waals surface area contributed by atoms with Crippen LogP contribution in [0.3, 0.4) is 0 Å². The second-order valence-electron chi connectivity index (χ2n) is 3.70. The second-order valence-corrected chi connectivity index (χ2v) is 3.70. The molecule has 1 N–H and O–H groups in total. The topological polar surface area (TPSA) is 42.4 Å². The van der Waals surface area contributed by atoms with Gasteiger partial charge in [0.15, 0.2) is 0 Å². The molecule has 0 aromatic carbocycles. The summed E-state index contributed by atoms with van der Waals surface area (Å²) in [6.07, 6.45) is 4.49. The quantitative estimate of drug-likeness (QED) is 0.796. The van der Waals surface area contributed by atoms with Crippen LogP contribution in [0.1, 0.15) is 31.7 Å². The van der Waals surface area contributed by atoms with Crippen LogP contribution in [-0.4, -0.2) is 16.7 Å². The molecule has 1 aromatic rings. The molecule has 3 nitrogen and oxygen atoms in total. The highest BCUT2D eigenvalue weighted by atomic mass is 16.5. The number of rotatable bonds is 3. The van der Waals surface area contributed by atoms with Gasteiger partial charge in [0.2, 0.25) is 5.88 Å². The standard InChI is InChI=1S/C11H15NO2/c1-2-14-10-8-9(4-7-12-10)11(13)5-3-6-11/h4,7-8,13H,2-3,5-6H2,1H3. The Hall–Kier alpha value is -1.09. The molecule has 0 atom stereocenters. The molecular formula is C11H15NO2. The van der Waals surface area contributed by atoms with Gasteiger partial charge in [-0.25, -0.2) is 4.98 Å². The zero-order valence-electron chi connectivity index (χ0n) is 8.36. The third-order valence-electron chi connectivity index (χ3n) is 2.75. The molecule has 76 valence electrons. The smallest absolute Gasteiger partial charge is 0.213 e. The SMILES string of the molecule is CCOc1cc(C2(O)CCC2)ccn1. The van der Waals surface area contributed by atoms with Gasteiger partial charge >= 0.3 is 0 Å². The van der Waals surface area contributed by atoms with Crippen molar-refractivity contribution in [2.24, 2.45) is 0 Å². The largest absolute Gasteiger partial charge is 0.478 e.